The molecule has 2 N–H and O–H groups in total. The number of aliphatic hydroxyl groups excluding tert-OH is 1. The highest BCUT2D eigenvalue weighted by atomic mass is 19.3. The molecule has 0 aliphatic carbocycles. The van der Waals surface area contributed by atoms with E-state index in [1.807, 2.05) is 0 Å². The van der Waals surface area contributed by atoms with Crippen molar-refractivity contribution in [2.75, 3.05) is 18.5 Å². The first-order chi connectivity index (χ1) is 14.3. The van der Waals surface area contributed by atoms with Gasteiger partial charge in [0.15, 0.2) is 0 Å². The average Bonchev–Trinajstić information content (AvgIpc) is 3.04. The topological polar surface area (TPSA) is 94.2 Å². The number of hydrogen-bond acceptors (Lipinski definition) is 4. The minimum atomic E-state index is -3.15. The Bertz CT molecular complexity index is 1030. The van der Waals surface area contributed by atoms with Crippen molar-refractivity contribution in [3.63, 3.8) is 0 Å². The Morgan fingerprint density at radius 2 is 2.20 bits per heavy atom. The van der Waals surface area contributed by atoms with Crippen LogP contribution in [-0.2, 0) is 25.4 Å². The van der Waals surface area contributed by atoms with Gasteiger partial charge in [-0.15, -0.1) is 0 Å². The number of halogens is 3. The van der Waals surface area contributed by atoms with E-state index in [9.17, 15) is 23.1 Å². The van der Waals surface area contributed by atoms with Crippen molar-refractivity contribution in [1.82, 2.24) is 14.7 Å². The van der Waals surface area contributed by atoms with Crippen LogP contribution < -0.4 is 5.32 Å². The highest BCUT2D eigenvalue weighted by Gasteiger charge is 2.44. The van der Waals surface area contributed by atoms with E-state index in [0.717, 1.165) is 6.07 Å². The molecule has 4 rings (SSSR count). The average molecular weight is 419 g/mol. The summed E-state index contributed by atoms with van der Waals surface area (Å²) in [5.74, 6) is -4.35. The summed E-state index contributed by atoms with van der Waals surface area (Å²) in [6.07, 6.45) is 0.297. The maximum atomic E-state index is 15.0. The zero-order valence-electron chi connectivity index (χ0n) is 16.0. The quantitative estimate of drug-likeness (QED) is 0.783. The summed E-state index contributed by atoms with van der Waals surface area (Å²) in [6, 6.07) is 4.81. The summed E-state index contributed by atoms with van der Waals surface area (Å²) < 4.78 is 44.7. The van der Waals surface area contributed by atoms with Crippen LogP contribution in [0, 0.1) is 23.1 Å². The number of hydrogen-bond donors (Lipinski definition) is 2. The third-order valence-corrected chi connectivity index (χ3v) is 5.63. The maximum Gasteiger partial charge on any atom is 0.322 e. The molecule has 1 aromatic heterocycles. The van der Waals surface area contributed by atoms with Crippen molar-refractivity contribution in [2.45, 2.75) is 38.3 Å². The molecule has 3 heterocycles. The number of amides is 2. The Kier molecular flexibility index (Phi) is 5.15. The van der Waals surface area contributed by atoms with Gasteiger partial charge in [-0.3, -0.25) is 4.68 Å². The number of urea groups is 1. The number of carbonyl (C=O) groups excluding carboxylic acids is 1. The first kappa shape index (κ1) is 20.2. The summed E-state index contributed by atoms with van der Waals surface area (Å²) in [5, 5.41) is 25.2. The number of anilines is 1. The fourth-order valence-corrected chi connectivity index (χ4v) is 4.08. The van der Waals surface area contributed by atoms with Gasteiger partial charge in [0.05, 0.1) is 17.8 Å². The summed E-state index contributed by atoms with van der Waals surface area (Å²) in [4.78, 5) is 14.1. The molecule has 1 aromatic carbocycles. The SMILES string of the molecule is N#Cc1cc(NC(=O)N2CCc3nn4c(c3C2)C(F)(F)C[C@H](CO)CC4)ccc1F. The molecule has 0 fully saturated rings. The number of aliphatic hydroxyl groups is 1. The monoisotopic (exact) mass is 419 g/mol. The molecule has 0 spiro atoms. The molecule has 30 heavy (non-hydrogen) atoms. The fraction of sp³-hybridized carbons (Fsp3) is 0.450. The van der Waals surface area contributed by atoms with Gasteiger partial charge in [-0.2, -0.15) is 19.1 Å². The number of rotatable bonds is 2. The van der Waals surface area contributed by atoms with Crippen molar-refractivity contribution in [3.8, 4) is 6.07 Å². The number of benzene rings is 1. The van der Waals surface area contributed by atoms with Crippen LogP contribution in [0.1, 0.15) is 35.4 Å². The van der Waals surface area contributed by atoms with Gasteiger partial charge in [0.1, 0.15) is 17.6 Å². The van der Waals surface area contributed by atoms with Crippen LogP contribution in [0.3, 0.4) is 0 Å². The highest BCUT2D eigenvalue weighted by molar-refractivity contribution is 5.89. The Balaban J connectivity index is 1.56. The Morgan fingerprint density at radius 1 is 1.40 bits per heavy atom. The van der Waals surface area contributed by atoms with Crippen molar-refractivity contribution in [2.24, 2.45) is 5.92 Å². The van der Waals surface area contributed by atoms with E-state index in [2.05, 4.69) is 10.4 Å². The van der Waals surface area contributed by atoms with Crippen LogP contribution in [-0.4, -0.2) is 39.0 Å². The van der Waals surface area contributed by atoms with Crippen LogP contribution in [0.2, 0.25) is 0 Å². The lowest BCUT2D eigenvalue weighted by atomic mass is 9.95. The predicted molar refractivity (Wildman–Crippen MR) is 100 cm³/mol. The van der Waals surface area contributed by atoms with Gasteiger partial charge < -0.3 is 15.3 Å². The fourth-order valence-electron chi connectivity index (χ4n) is 4.08. The van der Waals surface area contributed by atoms with E-state index in [4.69, 9.17) is 5.26 Å². The molecular weight excluding hydrogens is 399 g/mol. The normalized spacial score (nSPS) is 20.0. The molecule has 2 aliphatic heterocycles. The standard InChI is InChI=1S/C20H20F3N5O2/c21-16-2-1-14(7-13(16)9-24)25-19(30)27-5-4-17-15(10-27)18-20(22,23)8-12(11-29)3-6-28(18)26-17/h1-2,7,12,29H,3-6,8,10-11H2,(H,25,30)/t12-/m1/s1. The molecule has 2 aliphatic rings. The van der Waals surface area contributed by atoms with E-state index in [1.165, 1.54) is 21.7 Å². The van der Waals surface area contributed by atoms with Gasteiger partial charge >= 0.3 is 6.03 Å². The summed E-state index contributed by atoms with van der Waals surface area (Å²) in [5.41, 5.74) is 0.767. The minimum Gasteiger partial charge on any atom is -0.396 e. The Morgan fingerprint density at radius 3 is 2.93 bits per heavy atom. The third kappa shape index (κ3) is 3.61. The number of aryl methyl sites for hydroxylation is 1. The molecule has 0 saturated carbocycles. The van der Waals surface area contributed by atoms with E-state index in [0.29, 0.717) is 37.2 Å². The Labute approximate surface area is 170 Å². The second-order valence-corrected chi connectivity index (χ2v) is 7.65. The van der Waals surface area contributed by atoms with Gasteiger partial charge in [0.25, 0.3) is 5.92 Å². The van der Waals surface area contributed by atoms with Crippen LogP contribution in [0.5, 0.6) is 0 Å². The van der Waals surface area contributed by atoms with Gasteiger partial charge in [-0.1, -0.05) is 0 Å². The highest BCUT2D eigenvalue weighted by Crippen LogP contribution is 2.42. The van der Waals surface area contributed by atoms with Gasteiger partial charge in [0.2, 0.25) is 0 Å². The molecule has 1 atom stereocenters. The largest absolute Gasteiger partial charge is 0.396 e. The first-order valence-electron chi connectivity index (χ1n) is 9.65. The van der Waals surface area contributed by atoms with Crippen molar-refractivity contribution in [1.29, 1.82) is 5.26 Å². The number of carbonyl (C=O) groups is 1. The number of nitrogens with one attached hydrogen (secondary N) is 1. The van der Waals surface area contributed by atoms with Gasteiger partial charge in [-0.05, 0) is 30.5 Å². The van der Waals surface area contributed by atoms with Crippen LogP contribution in [0.25, 0.3) is 0 Å². The second-order valence-electron chi connectivity index (χ2n) is 7.65. The summed E-state index contributed by atoms with van der Waals surface area (Å²) >= 11 is 0. The van der Waals surface area contributed by atoms with Crippen molar-refractivity contribution < 1.29 is 23.1 Å². The van der Waals surface area contributed by atoms with E-state index in [-0.39, 0.29) is 30.1 Å². The number of fused-ring (bicyclic) bond motifs is 3. The number of aromatic nitrogens is 2. The number of alkyl halides is 2. The van der Waals surface area contributed by atoms with Crippen molar-refractivity contribution in [3.05, 3.63) is 46.5 Å². The molecule has 10 heteroatoms. The molecule has 2 amide bonds. The van der Waals surface area contributed by atoms with Crippen LogP contribution >= 0.6 is 0 Å². The first-order valence-corrected chi connectivity index (χ1v) is 9.65. The molecular formula is C20H20F3N5O2. The van der Waals surface area contributed by atoms with E-state index < -0.39 is 30.1 Å². The molecule has 0 bridgehead atoms. The van der Waals surface area contributed by atoms with E-state index >= 15 is 0 Å². The molecule has 0 unspecified atom stereocenters. The lowest BCUT2D eigenvalue weighted by molar-refractivity contribution is -0.0385. The van der Waals surface area contributed by atoms with Gasteiger partial charge in [0, 0.05) is 43.8 Å². The zero-order chi connectivity index (χ0) is 21.5. The molecule has 0 radical (unpaired) electrons. The summed E-state index contributed by atoms with van der Waals surface area (Å²) in [7, 11) is 0. The number of nitriles is 1. The second kappa shape index (κ2) is 7.65. The predicted octanol–water partition coefficient (Wildman–Crippen LogP) is 2.98. The van der Waals surface area contributed by atoms with Gasteiger partial charge in [-0.25, -0.2) is 9.18 Å². The smallest absolute Gasteiger partial charge is 0.322 e. The molecule has 158 valence electrons. The minimum absolute atomic E-state index is 0.0256. The maximum absolute atomic E-state index is 15.0. The van der Waals surface area contributed by atoms with Crippen LogP contribution in [0.15, 0.2) is 18.2 Å². The zero-order valence-corrected chi connectivity index (χ0v) is 16.0. The third-order valence-electron chi connectivity index (χ3n) is 5.63. The number of nitrogens with zero attached hydrogens (tertiary/aromatic N) is 4. The lowest BCUT2D eigenvalue weighted by Crippen LogP contribution is -2.39. The van der Waals surface area contributed by atoms with Crippen LogP contribution in [0.4, 0.5) is 23.7 Å². The molecule has 2 aromatic rings. The van der Waals surface area contributed by atoms with Crippen molar-refractivity contribution >= 4 is 11.7 Å². The lowest BCUT2D eigenvalue weighted by Gasteiger charge is -2.28. The molecule has 0 saturated heterocycles. The van der Waals surface area contributed by atoms with E-state index in [1.54, 1.807) is 6.07 Å². The Hall–Kier alpha value is -3.06. The summed E-state index contributed by atoms with van der Waals surface area (Å²) in [6.45, 7) is 0.260. The molecule has 7 nitrogen and oxygen atoms in total.